The summed E-state index contributed by atoms with van der Waals surface area (Å²) in [6.45, 7) is 0.452. The highest BCUT2D eigenvalue weighted by molar-refractivity contribution is 7.99. The molecule has 1 aliphatic heterocycles. The van der Waals surface area contributed by atoms with Gasteiger partial charge in [-0.2, -0.15) is 16.7 Å². The predicted octanol–water partition coefficient (Wildman–Crippen LogP) is 2.74. The minimum absolute atomic E-state index is 0.144. The number of rotatable bonds is 5. The second-order valence-electron chi connectivity index (χ2n) is 5.23. The van der Waals surface area contributed by atoms with Crippen molar-refractivity contribution in [2.24, 2.45) is 0 Å². The SMILES string of the molecule is O=C(NCCc1nc(-c2ccc(Cl)cc2)no1)NC1CCSC1. The van der Waals surface area contributed by atoms with Crippen LogP contribution in [0.15, 0.2) is 28.8 Å². The van der Waals surface area contributed by atoms with E-state index >= 15 is 0 Å². The van der Waals surface area contributed by atoms with E-state index in [-0.39, 0.29) is 12.1 Å². The van der Waals surface area contributed by atoms with Gasteiger partial charge in [0, 0.05) is 35.3 Å². The first-order valence-electron chi connectivity index (χ1n) is 7.41. The number of nitrogens with zero attached hydrogens (tertiary/aromatic N) is 2. The lowest BCUT2D eigenvalue weighted by Crippen LogP contribution is -2.42. The summed E-state index contributed by atoms with van der Waals surface area (Å²) in [7, 11) is 0. The van der Waals surface area contributed by atoms with Crippen LogP contribution in [0, 0.1) is 0 Å². The van der Waals surface area contributed by atoms with Gasteiger partial charge < -0.3 is 15.2 Å². The van der Waals surface area contributed by atoms with Crippen molar-refractivity contribution in [2.75, 3.05) is 18.1 Å². The highest BCUT2D eigenvalue weighted by Crippen LogP contribution is 2.19. The number of hydrogen-bond acceptors (Lipinski definition) is 5. The highest BCUT2D eigenvalue weighted by Gasteiger charge is 2.17. The first-order valence-corrected chi connectivity index (χ1v) is 8.94. The molecule has 1 saturated heterocycles. The van der Waals surface area contributed by atoms with Crippen LogP contribution < -0.4 is 10.6 Å². The zero-order valence-electron chi connectivity index (χ0n) is 12.4. The highest BCUT2D eigenvalue weighted by atomic mass is 35.5. The van der Waals surface area contributed by atoms with Gasteiger partial charge in [-0.1, -0.05) is 16.8 Å². The zero-order chi connectivity index (χ0) is 16.1. The maximum atomic E-state index is 11.7. The van der Waals surface area contributed by atoms with Crippen molar-refractivity contribution in [1.29, 1.82) is 0 Å². The number of nitrogens with one attached hydrogen (secondary N) is 2. The van der Waals surface area contributed by atoms with Crippen LogP contribution in [0.25, 0.3) is 11.4 Å². The fourth-order valence-electron chi connectivity index (χ4n) is 2.24. The smallest absolute Gasteiger partial charge is 0.315 e. The quantitative estimate of drug-likeness (QED) is 0.864. The van der Waals surface area contributed by atoms with Crippen molar-refractivity contribution in [3.05, 3.63) is 35.2 Å². The van der Waals surface area contributed by atoms with E-state index in [1.165, 1.54) is 0 Å². The third-order valence-electron chi connectivity index (χ3n) is 3.46. The maximum absolute atomic E-state index is 11.7. The average molecular weight is 353 g/mol. The van der Waals surface area contributed by atoms with E-state index < -0.39 is 0 Å². The van der Waals surface area contributed by atoms with Crippen molar-refractivity contribution < 1.29 is 9.32 Å². The fourth-order valence-corrected chi connectivity index (χ4v) is 3.52. The fraction of sp³-hybridized carbons (Fsp3) is 0.400. The molecular weight excluding hydrogens is 336 g/mol. The summed E-state index contributed by atoms with van der Waals surface area (Å²) in [5, 5.41) is 10.4. The van der Waals surface area contributed by atoms with Gasteiger partial charge in [0.2, 0.25) is 11.7 Å². The number of benzene rings is 1. The summed E-state index contributed by atoms with van der Waals surface area (Å²) in [6.07, 6.45) is 1.53. The molecule has 122 valence electrons. The van der Waals surface area contributed by atoms with E-state index in [1.807, 2.05) is 23.9 Å². The van der Waals surface area contributed by atoms with Crippen LogP contribution in [0.4, 0.5) is 4.79 Å². The van der Waals surface area contributed by atoms with Gasteiger partial charge in [-0.05, 0) is 36.4 Å². The minimum Gasteiger partial charge on any atom is -0.339 e. The number of thioether (sulfide) groups is 1. The predicted molar refractivity (Wildman–Crippen MR) is 90.7 cm³/mol. The largest absolute Gasteiger partial charge is 0.339 e. The van der Waals surface area contributed by atoms with Crippen LogP contribution in [0.2, 0.25) is 5.02 Å². The van der Waals surface area contributed by atoms with Gasteiger partial charge in [0.25, 0.3) is 0 Å². The molecule has 1 atom stereocenters. The van der Waals surface area contributed by atoms with Gasteiger partial charge in [-0.15, -0.1) is 0 Å². The number of amides is 2. The topological polar surface area (TPSA) is 80.1 Å². The Kier molecular flexibility index (Phi) is 5.40. The van der Waals surface area contributed by atoms with Crippen LogP contribution in [-0.4, -0.2) is 40.3 Å². The van der Waals surface area contributed by atoms with E-state index in [9.17, 15) is 4.79 Å². The van der Waals surface area contributed by atoms with Gasteiger partial charge in [0.05, 0.1) is 0 Å². The van der Waals surface area contributed by atoms with E-state index in [2.05, 4.69) is 20.8 Å². The molecule has 2 amide bonds. The molecule has 0 radical (unpaired) electrons. The summed E-state index contributed by atoms with van der Waals surface area (Å²) in [5.74, 6) is 3.11. The van der Waals surface area contributed by atoms with E-state index in [4.69, 9.17) is 16.1 Å². The molecule has 2 aromatic rings. The normalized spacial score (nSPS) is 17.2. The van der Waals surface area contributed by atoms with Gasteiger partial charge in [0.15, 0.2) is 0 Å². The van der Waals surface area contributed by atoms with Gasteiger partial charge >= 0.3 is 6.03 Å². The Hall–Kier alpha value is -1.73. The van der Waals surface area contributed by atoms with Gasteiger partial charge in [0.1, 0.15) is 0 Å². The summed E-state index contributed by atoms with van der Waals surface area (Å²) in [6, 6.07) is 7.36. The third-order valence-corrected chi connectivity index (χ3v) is 4.87. The second kappa shape index (κ2) is 7.70. The molecule has 1 aromatic carbocycles. The average Bonchev–Trinajstić information content (AvgIpc) is 3.20. The first kappa shape index (κ1) is 16.1. The molecule has 1 fully saturated rings. The van der Waals surface area contributed by atoms with E-state index in [0.29, 0.717) is 29.7 Å². The molecule has 0 aliphatic carbocycles. The van der Waals surface area contributed by atoms with Crippen LogP contribution >= 0.6 is 23.4 Å². The third kappa shape index (κ3) is 4.62. The monoisotopic (exact) mass is 352 g/mol. The first-order chi connectivity index (χ1) is 11.2. The Morgan fingerprint density at radius 2 is 2.22 bits per heavy atom. The lowest BCUT2D eigenvalue weighted by Gasteiger charge is -2.11. The molecule has 3 rings (SSSR count). The standard InChI is InChI=1S/C15H17ClN4O2S/c16-11-3-1-10(2-4-11)14-19-13(22-20-14)5-7-17-15(21)18-12-6-8-23-9-12/h1-4,12H,5-9H2,(H2,17,18,21). The number of carbonyl (C=O) groups is 1. The molecule has 0 bridgehead atoms. The van der Waals surface area contributed by atoms with Crippen molar-refractivity contribution in [3.63, 3.8) is 0 Å². The number of hydrogen-bond donors (Lipinski definition) is 2. The molecule has 8 heteroatoms. The Balaban J connectivity index is 1.45. The number of halogens is 1. The van der Waals surface area contributed by atoms with Crippen LogP contribution in [0.5, 0.6) is 0 Å². The molecule has 1 aliphatic rings. The lowest BCUT2D eigenvalue weighted by atomic mass is 10.2. The van der Waals surface area contributed by atoms with Crippen molar-refractivity contribution in [3.8, 4) is 11.4 Å². The van der Waals surface area contributed by atoms with Gasteiger partial charge in [-0.3, -0.25) is 0 Å². The van der Waals surface area contributed by atoms with E-state index in [0.717, 1.165) is 23.5 Å². The summed E-state index contributed by atoms with van der Waals surface area (Å²) >= 11 is 7.71. The molecule has 1 unspecified atom stereocenters. The van der Waals surface area contributed by atoms with Crippen molar-refractivity contribution >= 4 is 29.4 Å². The zero-order valence-corrected chi connectivity index (χ0v) is 14.0. The summed E-state index contributed by atoms with van der Waals surface area (Å²) < 4.78 is 5.20. The summed E-state index contributed by atoms with van der Waals surface area (Å²) in [5.41, 5.74) is 0.842. The molecule has 1 aromatic heterocycles. The second-order valence-corrected chi connectivity index (χ2v) is 6.82. The number of carbonyl (C=O) groups excluding carboxylic acids is 1. The minimum atomic E-state index is -0.144. The molecule has 23 heavy (non-hydrogen) atoms. The Labute approximate surface area is 143 Å². The molecule has 0 spiro atoms. The lowest BCUT2D eigenvalue weighted by molar-refractivity contribution is 0.237. The maximum Gasteiger partial charge on any atom is 0.315 e. The van der Waals surface area contributed by atoms with Gasteiger partial charge in [-0.25, -0.2) is 4.79 Å². The van der Waals surface area contributed by atoms with Crippen molar-refractivity contribution in [1.82, 2.24) is 20.8 Å². The molecule has 2 heterocycles. The Bertz CT molecular complexity index is 656. The Morgan fingerprint density at radius 1 is 1.39 bits per heavy atom. The van der Waals surface area contributed by atoms with Crippen LogP contribution in [0.3, 0.4) is 0 Å². The van der Waals surface area contributed by atoms with Crippen molar-refractivity contribution in [2.45, 2.75) is 18.9 Å². The molecule has 0 saturated carbocycles. The molecular formula is C15H17ClN4O2S. The van der Waals surface area contributed by atoms with Crippen LogP contribution in [-0.2, 0) is 6.42 Å². The molecule has 2 N–H and O–H groups in total. The number of aromatic nitrogens is 2. The molecule has 6 nitrogen and oxygen atoms in total. The summed E-state index contributed by atoms with van der Waals surface area (Å²) in [4.78, 5) is 16.1. The Morgan fingerprint density at radius 3 is 2.96 bits per heavy atom. The van der Waals surface area contributed by atoms with E-state index in [1.54, 1.807) is 12.1 Å². The number of urea groups is 1. The van der Waals surface area contributed by atoms with Crippen LogP contribution in [0.1, 0.15) is 12.3 Å².